The maximum absolute atomic E-state index is 12.1. The van der Waals surface area contributed by atoms with Gasteiger partial charge < -0.3 is 5.32 Å². The molecule has 0 spiro atoms. The van der Waals surface area contributed by atoms with Crippen LogP contribution in [0.4, 0.5) is 0 Å². The molecule has 1 saturated carbocycles. The first-order valence-corrected chi connectivity index (χ1v) is 7.08. The Hall–Kier alpha value is -0.540. The molecule has 4 heteroatoms. The van der Waals surface area contributed by atoms with Crippen molar-refractivity contribution < 1.29 is 4.79 Å². The van der Waals surface area contributed by atoms with Crippen molar-refractivity contribution in [3.63, 3.8) is 0 Å². The quantitative estimate of drug-likeness (QED) is 0.828. The van der Waals surface area contributed by atoms with Crippen LogP contribution < -0.4 is 5.32 Å². The second-order valence-corrected chi connectivity index (χ2v) is 6.09. The number of carbonyl (C=O) groups excluding carboxylic acids is 1. The summed E-state index contributed by atoms with van der Waals surface area (Å²) in [5.74, 6) is -0.0775. The fraction of sp³-hybridized carbons (Fsp3) is 0.462. The molecule has 1 aromatic rings. The van der Waals surface area contributed by atoms with E-state index < -0.39 is 0 Å². The van der Waals surface area contributed by atoms with E-state index in [0.717, 1.165) is 24.8 Å². The lowest BCUT2D eigenvalue weighted by atomic mass is 10.1. The maximum Gasteiger partial charge on any atom is 0.253 e. The Labute approximate surface area is 115 Å². The third-order valence-electron chi connectivity index (χ3n) is 3.12. The highest BCUT2D eigenvalue weighted by Crippen LogP contribution is 2.26. The molecular weight excluding hydrogens is 302 g/mol. The fourth-order valence-electron chi connectivity index (χ4n) is 2.13. The van der Waals surface area contributed by atoms with Crippen LogP contribution in [-0.4, -0.2) is 16.8 Å². The Morgan fingerprint density at radius 3 is 2.82 bits per heavy atom. The van der Waals surface area contributed by atoms with Gasteiger partial charge in [0.05, 0.1) is 10.6 Å². The van der Waals surface area contributed by atoms with Gasteiger partial charge in [0, 0.05) is 10.9 Å². The summed E-state index contributed by atoms with van der Waals surface area (Å²) in [7, 11) is 0. The summed E-state index contributed by atoms with van der Waals surface area (Å²) in [4.78, 5) is 12.4. The zero-order valence-electron chi connectivity index (χ0n) is 9.67. The predicted molar refractivity (Wildman–Crippen MR) is 74.0 cm³/mol. The second-order valence-electron chi connectivity index (χ2n) is 4.51. The number of hydrogen-bond acceptors (Lipinski definition) is 1. The summed E-state index contributed by atoms with van der Waals surface area (Å²) in [5, 5.41) is 3.55. The van der Waals surface area contributed by atoms with Crippen LogP contribution in [-0.2, 0) is 0 Å². The Morgan fingerprint density at radius 1 is 1.47 bits per heavy atom. The molecule has 1 amide bonds. The summed E-state index contributed by atoms with van der Waals surface area (Å²) in [6.07, 6.45) is 3.31. The summed E-state index contributed by atoms with van der Waals surface area (Å²) >= 11 is 9.66. The molecule has 2 nitrogen and oxygen atoms in total. The first-order chi connectivity index (χ1) is 8.08. The van der Waals surface area contributed by atoms with E-state index in [-0.39, 0.29) is 11.9 Å². The van der Waals surface area contributed by atoms with Crippen molar-refractivity contribution in [2.75, 3.05) is 0 Å². The van der Waals surface area contributed by atoms with Gasteiger partial charge in [0.2, 0.25) is 0 Å². The van der Waals surface area contributed by atoms with Crippen molar-refractivity contribution in [3.8, 4) is 0 Å². The van der Waals surface area contributed by atoms with Crippen molar-refractivity contribution in [1.82, 2.24) is 5.32 Å². The number of hydrogen-bond donors (Lipinski definition) is 1. The van der Waals surface area contributed by atoms with Gasteiger partial charge in [-0.05, 0) is 37.5 Å². The zero-order chi connectivity index (χ0) is 12.4. The van der Waals surface area contributed by atoms with Crippen LogP contribution in [0.5, 0.6) is 0 Å². The van der Waals surface area contributed by atoms with Crippen LogP contribution >= 0.6 is 27.5 Å². The lowest BCUT2D eigenvalue weighted by Crippen LogP contribution is -2.37. The maximum atomic E-state index is 12.1. The fourth-order valence-corrected chi connectivity index (χ4v) is 3.17. The molecule has 0 heterocycles. The number of carbonyl (C=O) groups is 1. The van der Waals surface area contributed by atoms with E-state index in [0.29, 0.717) is 15.4 Å². The van der Waals surface area contributed by atoms with Gasteiger partial charge >= 0.3 is 0 Å². The number of rotatable bonds is 2. The largest absolute Gasteiger partial charge is 0.348 e. The molecule has 2 atom stereocenters. The summed E-state index contributed by atoms with van der Waals surface area (Å²) in [5.41, 5.74) is 1.62. The van der Waals surface area contributed by atoms with Crippen molar-refractivity contribution in [2.24, 2.45) is 0 Å². The van der Waals surface area contributed by atoms with Crippen LogP contribution in [0.2, 0.25) is 5.02 Å². The van der Waals surface area contributed by atoms with E-state index in [1.165, 1.54) is 0 Å². The molecule has 0 saturated heterocycles. The number of amides is 1. The van der Waals surface area contributed by atoms with Crippen LogP contribution in [0.3, 0.4) is 0 Å². The van der Waals surface area contributed by atoms with Crippen LogP contribution in [0.1, 0.15) is 35.2 Å². The zero-order valence-corrected chi connectivity index (χ0v) is 12.0. The lowest BCUT2D eigenvalue weighted by molar-refractivity contribution is 0.0939. The van der Waals surface area contributed by atoms with Crippen molar-refractivity contribution >= 4 is 33.4 Å². The Balaban J connectivity index is 2.09. The molecule has 1 N–H and O–H groups in total. The third-order valence-corrected chi connectivity index (χ3v) is 4.53. The first-order valence-electron chi connectivity index (χ1n) is 5.79. The average molecular weight is 317 g/mol. The van der Waals surface area contributed by atoms with Gasteiger partial charge in [0.25, 0.3) is 5.91 Å². The summed E-state index contributed by atoms with van der Waals surface area (Å²) < 4.78 is 0. The first kappa shape index (κ1) is 12.9. The highest BCUT2D eigenvalue weighted by Gasteiger charge is 2.26. The molecule has 0 aromatic heterocycles. The van der Waals surface area contributed by atoms with Gasteiger partial charge in [-0.2, -0.15) is 0 Å². The molecule has 0 aliphatic heterocycles. The summed E-state index contributed by atoms with van der Waals surface area (Å²) in [6.45, 7) is 1.96. The van der Waals surface area contributed by atoms with Gasteiger partial charge in [0.15, 0.2) is 0 Å². The van der Waals surface area contributed by atoms with E-state index in [1.54, 1.807) is 6.07 Å². The van der Waals surface area contributed by atoms with E-state index in [4.69, 9.17) is 11.6 Å². The molecule has 1 aromatic carbocycles. The number of nitrogens with one attached hydrogen (secondary N) is 1. The standard InChI is InChI=1S/C13H15BrClNO/c1-8-5-6-9(11(15)7-8)13(17)16-12-4-2-3-10(12)14/h5-7,10,12H,2-4H2,1H3,(H,16,17). The van der Waals surface area contributed by atoms with Gasteiger partial charge in [-0.1, -0.05) is 40.0 Å². The number of halogens is 2. The highest BCUT2D eigenvalue weighted by molar-refractivity contribution is 9.09. The summed E-state index contributed by atoms with van der Waals surface area (Å²) in [6, 6.07) is 5.73. The van der Waals surface area contributed by atoms with E-state index in [2.05, 4.69) is 21.2 Å². The molecular formula is C13H15BrClNO. The lowest BCUT2D eigenvalue weighted by Gasteiger charge is -2.16. The van der Waals surface area contributed by atoms with Crippen molar-refractivity contribution in [1.29, 1.82) is 0 Å². The van der Waals surface area contributed by atoms with Crippen LogP contribution in [0.15, 0.2) is 18.2 Å². The molecule has 2 unspecified atom stereocenters. The minimum atomic E-state index is -0.0775. The van der Waals surface area contributed by atoms with E-state index in [1.807, 2.05) is 19.1 Å². The Morgan fingerprint density at radius 2 is 2.24 bits per heavy atom. The number of benzene rings is 1. The monoisotopic (exact) mass is 315 g/mol. The van der Waals surface area contributed by atoms with Gasteiger partial charge in [0.1, 0.15) is 0 Å². The SMILES string of the molecule is Cc1ccc(C(=O)NC2CCCC2Br)c(Cl)c1. The number of aryl methyl sites for hydroxylation is 1. The molecule has 2 rings (SSSR count). The Kier molecular flexibility index (Phi) is 4.10. The molecule has 1 aliphatic rings. The third kappa shape index (κ3) is 3.02. The van der Waals surface area contributed by atoms with E-state index in [9.17, 15) is 4.79 Å². The minimum Gasteiger partial charge on any atom is -0.348 e. The normalized spacial score (nSPS) is 23.7. The Bertz CT molecular complexity index is 435. The number of alkyl halides is 1. The van der Waals surface area contributed by atoms with Crippen LogP contribution in [0, 0.1) is 6.92 Å². The molecule has 1 fully saturated rings. The molecule has 17 heavy (non-hydrogen) atoms. The molecule has 92 valence electrons. The molecule has 0 bridgehead atoms. The molecule has 1 aliphatic carbocycles. The van der Waals surface area contributed by atoms with Gasteiger partial charge in [-0.3, -0.25) is 4.79 Å². The highest BCUT2D eigenvalue weighted by atomic mass is 79.9. The van der Waals surface area contributed by atoms with E-state index >= 15 is 0 Å². The average Bonchev–Trinajstić information content (AvgIpc) is 2.64. The topological polar surface area (TPSA) is 29.1 Å². The predicted octanol–water partition coefficient (Wildman–Crippen LogP) is 3.69. The van der Waals surface area contributed by atoms with Gasteiger partial charge in [-0.15, -0.1) is 0 Å². The van der Waals surface area contributed by atoms with Gasteiger partial charge in [-0.25, -0.2) is 0 Å². The van der Waals surface area contributed by atoms with Crippen LogP contribution in [0.25, 0.3) is 0 Å². The molecule has 0 radical (unpaired) electrons. The van der Waals surface area contributed by atoms with Crippen molar-refractivity contribution in [2.45, 2.75) is 37.1 Å². The smallest absolute Gasteiger partial charge is 0.253 e. The second kappa shape index (κ2) is 5.40. The van der Waals surface area contributed by atoms with Crippen molar-refractivity contribution in [3.05, 3.63) is 34.3 Å². The minimum absolute atomic E-state index is 0.0775.